The first-order valence-electron chi connectivity index (χ1n) is 8.84. The van der Waals surface area contributed by atoms with E-state index < -0.39 is 5.60 Å². The minimum absolute atomic E-state index is 0.234. The van der Waals surface area contributed by atoms with Gasteiger partial charge in [0.05, 0.1) is 6.20 Å². The molecule has 1 N–H and O–H groups in total. The van der Waals surface area contributed by atoms with Crippen molar-refractivity contribution in [3.8, 4) is 5.82 Å². The minimum atomic E-state index is -0.933. The predicted molar refractivity (Wildman–Crippen MR) is 95.6 cm³/mol. The van der Waals surface area contributed by atoms with Crippen LogP contribution in [0.2, 0.25) is 0 Å². The largest absolute Gasteiger partial charge is 0.382 e. The highest BCUT2D eigenvalue weighted by Gasteiger charge is 2.40. The molecule has 1 atom stereocenters. The van der Waals surface area contributed by atoms with Crippen LogP contribution >= 0.6 is 0 Å². The SMILES string of the molecule is CC(C)n1cc(C2(O)CCN(Cc3ccc(-n4ccnc4)nc3)C2)nn1. The van der Waals surface area contributed by atoms with Crippen molar-refractivity contribution in [1.29, 1.82) is 0 Å². The molecule has 0 radical (unpaired) electrons. The number of aromatic nitrogens is 6. The molecule has 1 unspecified atom stereocenters. The van der Waals surface area contributed by atoms with Crippen molar-refractivity contribution in [3.63, 3.8) is 0 Å². The molecule has 1 aliphatic rings. The first-order chi connectivity index (χ1) is 12.5. The highest BCUT2D eigenvalue weighted by atomic mass is 16.3. The van der Waals surface area contributed by atoms with Crippen molar-refractivity contribution in [2.45, 2.75) is 38.5 Å². The lowest BCUT2D eigenvalue weighted by atomic mass is 10.00. The summed E-state index contributed by atoms with van der Waals surface area (Å²) in [5.74, 6) is 0.842. The standard InChI is InChI=1S/C18H23N7O/c1-14(2)25-11-16(21-22-25)18(26)5-7-23(12-18)10-15-3-4-17(20-9-15)24-8-6-19-13-24/h3-4,6,8-9,11,13-14,26H,5,7,10,12H2,1-2H3. The fraction of sp³-hybridized carbons (Fsp3) is 0.444. The van der Waals surface area contributed by atoms with Gasteiger partial charge in [-0.3, -0.25) is 9.47 Å². The molecule has 1 aliphatic heterocycles. The molecular weight excluding hydrogens is 330 g/mol. The Kier molecular flexibility index (Phi) is 4.29. The van der Waals surface area contributed by atoms with Crippen LogP contribution in [0, 0.1) is 0 Å². The number of aliphatic hydroxyl groups is 1. The Morgan fingerprint density at radius 2 is 2.19 bits per heavy atom. The summed E-state index contributed by atoms with van der Waals surface area (Å²) >= 11 is 0. The van der Waals surface area contributed by atoms with Crippen molar-refractivity contribution >= 4 is 0 Å². The van der Waals surface area contributed by atoms with Gasteiger partial charge in [0.1, 0.15) is 23.4 Å². The molecular formula is C18H23N7O. The fourth-order valence-corrected chi connectivity index (χ4v) is 3.27. The molecule has 0 amide bonds. The number of hydrogen-bond donors (Lipinski definition) is 1. The number of imidazole rings is 1. The van der Waals surface area contributed by atoms with Gasteiger partial charge < -0.3 is 5.11 Å². The number of nitrogens with zero attached hydrogens (tertiary/aromatic N) is 7. The second-order valence-corrected chi connectivity index (χ2v) is 7.16. The van der Waals surface area contributed by atoms with E-state index in [1.54, 1.807) is 17.2 Å². The van der Waals surface area contributed by atoms with E-state index in [2.05, 4.69) is 31.2 Å². The van der Waals surface area contributed by atoms with Crippen LogP contribution in [-0.2, 0) is 12.1 Å². The smallest absolute Gasteiger partial charge is 0.137 e. The van der Waals surface area contributed by atoms with Gasteiger partial charge in [-0.1, -0.05) is 11.3 Å². The highest BCUT2D eigenvalue weighted by Crippen LogP contribution is 2.31. The topological polar surface area (TPSA) is 84.9 Å². The Balaban J connectivity index is 1.42. The molecule has 8 nitrogen and oxygen atoms in total. The molecule has 0 aromatic carbocycles. The Labute approximate surface area is 152 Å². The molecule has 0 aliphatic carbocycles. The van der Waals surface area contributed by atoms with Crippen molar-refractivity contribution < 1.29 is 5.11 Å². The molecule has 0 bridgehead atoms. The van der Waals surface area contributed by atoms with E-state index in [-0.39, 0.29) is 6.04 Å². The maximum atomic E-state index is 11.0. The number of β-amino-alcohol motifs (C(OH)–C–C–N with tert-alkyl or cyclic N) is 1. The Morgan fingerprint density at radius 3 is 2.85 bits per heavy atom. The van der Waals surface area contributed by atoms with E-state index >= 15 is 0 Å². The van der Waals surface area contributed by atoms with E-state index in [4.69, 9.17) is 0 Å². The summed E-state index contributed by atoms with van der Waals surface area (Å²) in [6.45, 7) is 6.20. The zero-order valence-corrected chi connectivity index (χ0v) is 15.0. The maximum Gasteiger partial charge on any atom is 0.137 e. The second kappa shape index (κ2) is 6.62. The minimum Gasteiger partial charge on any atom is -0.382 e. The Bertz CT molecular complexity index is 856. The number of rotatable bonds is 5. The first-order valence-corrected chi connectivity index (χ1v) is 8.84. The average molecular weight is 353 g/mol. The van der Waals surface area contributed by atoms with Gasteiger partial charge in [-0.25, -0.2) is 14.6 Å². The van der Waals surface area contributed by atoms with Crippen LogP contribution in [0.15, 0.2) is 43.2 Å². The van der Waals surface area contributed by atoms with E-state index in [1.807, 2.05) is 43.1 Å². The number of hydrogen-bond acceptors (Lipinski definition) is 6. The maximum absolute atomic E-state index is 11.0. The van der Waals surface area contributed by atoms with Crippen molar-refractivity contribution in [1.82, 2.24) is 34.4 Å². The fourth-order valence-electron chi connectivity index (χ4n) is 3.27. The van der Waals surface area contributed by atoms with Gasteiger partial charge in [0.25, 0.3) is 0 Å². The van der Waals surface area contributed by atoms with E-state index in [0.29, 0.717) is 18.7 Å². The number of likely N-dealkylation sites (tertiary alicyclic amines) is 1. The Morgan fingerprint density at radius 1 is 1.31 bits per heavy atom. The van der Waals surface area contributed by atoms with Crippen molar-refractivity contribution in [2.75, 3.05) is 13.1 Å². The third kappa shape index (κ3) is 3.25. The third-order valence-electron chi connectivity index (χ3n) is 4.83. The van der Waals surface area contributed by atoms with Crippen LogP contribution in [0.3, 0.4) is 0 Å². The Hall–Kier alpha value is -2.58. The van der Waals surface area contributed by atoms with Crippen molar-refractivity contribution in [2.24, 2.45) is 0 Å². The summed E-state index contributed by atoms with van der Waals surface area (Å²) in [7, 11) is 0. The van der Waals surface area contributed by atoms with Crippen LogP contribution in [0.1, 0.15) is 37.6 Å². The second-order valence-electron chi connectivity index (χ2n) is 7.16. The van der Waals surface area contributed by atoms with Gasteiger partial charge in [0, 0.05) is 44.3 Å². The summed E-state index contributed by atoms with van der Waals surface area (Å²) in [4.78, 5) is 10.7. The van der Waals surface area contributed by atoms with E-state index in [0.717, 1.165) is 24.5 Å². The highest BCUT2D eigenvalue weighted by molar-refractivity contribution is 5.25. The lowest BCUT2D eigenvalue weighted by Gasteiger charge is -2.21. The lowest BCUT2D eigenvalue weighted by molar-refractivity contribution is 0.0408. The average Bonchev–Trinajstić information content (AvgIpc) is 3.37. The molecule has 4 rings (SSSR count). The molecule has 136 valence electrons. The first kappa shape index (κ1) is 16.9. The third-order valence-corrected chi connectivity index (χ3v) is 4.83. The van der Waals surface area contributed by atoms with E-state index in [9.17, 15) is 5.11 Å². The van der Waals surface area contributed by atoms with Gasteiger partial charge in [-0.05, 0) is 31.9 Å². The summed E-state index contributed by atoms with van der Waals surface area (Å²) in [6.07, 6.45) is 9.72. The van der Waals surface area contributed by atoms with Crippen LogP contribution in [-0.4, -0.2) is 52.6 Å². The van der Waals surface area contributed by atoms with Gasteiger partial charge in [-0.15, -0.1) is 5.10 Å². The van der Waals surface area contributed by atoms with Crippen LogP contribution in [0.4, 0.5) is 0 Å². The molecule has 8 heteroatoms. The zero-order chi connectivity index (χ0) is 18.1. The molecule has 0 spiro atoms. The lowest BCUT2D eigenvalue weighted by Crippen LogP contribution is -2.31. The van der Waals surface area contributed by atoms with Crippen LogP contribution in [0.25, 0.3) is 5.82 Å². The molecule has 3 aromatic heterocycles. The quantitative estimate of drug-likeness (QED) is 0.749. The monoisotopic (exact) mass is 353 g/mol. The molecule has 1 saturated heterocycles. The summed E-state index contributed by atoms with van der Waals surface area (Å²) in [6, 6.07) is 4.28. The molecule has 26 heavy (non-hydrogen) atoms. The number of pyridine rings is 1. The summed E-state index contributed by atoms with van der Waals surface area (Å²) < 4.78 is 3.66. The van der Waals surface area contributed by atoms with Gasteiger partial charge in [0.15, 0.2) is 0 Å². The van der Waals surface area contributed by atoms with Crippen LogP contribution < -0.4 is 0 Å². The van der Waals surface area contributed by atoms with Crippen molar-refractivity contribution in [3.05, 3.63) is 54.5 Å². The molecule has 4 heterocycles. The van der Waals surface area contributed by atoms with E-state index in [1.165, 1.54) is 0 Å². The molecule has 1 fully saturated rings. The predicted octanol–water partition coefficient (Wildman–Crippen LogP) is 1.53. The molecule has 3 aromatic rings. The van der Waals surface area contributed by atoms with Crippen LogP contribution in [0.5, 0.6) is 0 Å². The van der Waals surface area contributed by atoms with Gasteiger partial charge in [0.2, 0.25) is 0 Å². The normalized spacial score (nSPS) is 20.9. The summed E-state index contributed by atoms with van der Waals surface area (Å²) in [5, 5.41) is 19.3. The summed E-state index contributed by atoms with van der Waals surface area (Å²) in [5.41, 5.74) is 0.836. The van der Waals surface area contributed by atoms with Gasteiger partial charge >= 0.3 is 0 Å². The molecule has 0 saturated carbocycles. The zero-order valence-electron chi connectivity index (χ0n) is 15.0. The van der Waals surface area contributed by atoms with Gasteiger partial charge in [-0.2, -0.15) is 0 Å².